The Kier molecular flexibility index (Phi) is 7.02. The molecule has 0 fully saturated rings. The number of anilines is 2. The first-order valence-electron chi connectivity index (χ1n) is 10.8. The van der Waals surface area contributed by atoms with Crippen LogP contribution in [0.25, 0.3) is 11.3 Å². The molecule has 0 spiro atoms. The lowest BCUT2D eigenvalue weighted by atomic mass is 10.2. The Balaban J connectivity index is 1.31. The lowest BCUT2D eigenvalue weighted by Crippen LogP contribution is -2.11. The molecular formula is C26H28N4O2. The Labute approximate surface area is 188 Å². The van der Waals surface area contributed by atoms with E-state index in [9.17, 15) is 0 Å². The number of nitrogens with zero attached hydrogens (tertiary/aromatic N) is 2. The molecule has 0 bridgehead atoms. The maximum absolute atomic E-state index is 6.01. The topological polar surface area (TPSA) is 72.2 Å². The van der Waals surface area contributed by atoms with E-state index in [1.807, 2.05) is 60.7 Å². The zero-order valence-electron chi connectivity index (χ0n) is 18.4. The van der Waals surface area contributed by atoms with Crippen LogP contribution in [0.15, 0.2) is 83.4 Å². The third kappa shape index (κ3) is 6.11. The fraction of sp³-hybridized carbons (Fsp3) is 0.231. The lowest BCUT2D eigenvalue weighted by Gasteiger charge is -2.09. The van der Waals surface area contributed by atoms with Gasteiger partial charge in [0.1, 0.15) is 29.7 Å². The molecule has 0 amide bonds. The number of hydrogen-bond acceptors (Lipinski definition) is 6. The van der Waals surface area contributed by atoms with E-state index in [1.165, 1.54) is 0 Å². The molecule has 2 N–H and O–H groups in total. The SMILES string of the molecule is CC(C)CNc1nccc(NCc2ccc(-c3ccc(OCc4ccccc4)cc3)o2)n1. The highest BCUT2D eigenvalue weighted by atomic mass is 16.5. The summed E-state index contributed by atoms with van der Waals surface area (Å²) in [6.45, 7) is 6.22. The molecule has 0 saturated heterocycles. The van der Waals surface area contributed by atoms with Gasteiger partial charge in [0.2, 0.25) is 5.95 Å². The largest absolute Gasteiger partial charge is 0.489 e. The van der Waals surface area contributed by atoms with Crippen LogP contribution in [0.1, 0.15) is 25.2 Å². The van der Waals surface area contributed by atoms with Gasteiger partial charge in [-0.15, -0.1) is 0 Å². The molecule has 2 heterocycles. The quantitative estimate of drug-likeness (QED) is 0.323. The van der Waals surface area contributed by atoms with Crippen LogP contribution in [0.2, 0.25) is 0 Å². The van der Waals surface area contributed by atoms with E-state index in [4.69, 9.17) is 9.15 Å². The molecule has 32 heavy (non-hydrogen) atoms. The normalized spacial score (nSPS) is 10.8. The number of hydrogen-bond donors (Lipinski definition) is 2. The monoisotopic (exact) mass is 428 g/mol. The zero-order chi connectivity index (χ0) is 22.2. The van der Waals surface area contributed by atoms with Crippen molar-refractivity contribution in [2.24, 2.45) is 5.92 Å². The first-order chi connectivity index (χ1) is 15.7. The minimum Gasteiger partial charge on any atom is -0.489 e. The summed E-state index contributed by atoms with van der Waals surface area (Å²) in [4.78, 5) is 8.74. The molecule has 2 aromatic carbocycles. The number of nitrogens with one attached hydrogen (secondary N) is 2. The fourth-order valence-electron chi connectivity index (χ4n) is 3.10. The van der Waals surface area contributed by atoms with Gasteiger partial charge in [-0.1, -0.05) is 44.2 Å². The van der Waals surface area contributed by atoms with Crippen molar-refractivity contribution in [3.05, 3.63) is 90.3 Å². The van der Waals surface area contributed by atoms with Gasteiger partial charge in [0.05, 0.1) is 6.54 Å². The molecule has 0 atom stereocenters. The van der Waals surface area contributed by atoms with Crippen molar-refractivity contribution in [2.45, 2.75) is 27.0 Å². The van der Waals surface area contributed by atoms with Crippen molar-refractivity contribution < 1.29 is 9.15 Å². The van der Waals surface area contributed by atoms with E-state index in [0.717, 1.165) is 40.8 Å². The molecule has 2 aromatic heterocycles. The molecule has 0 aliphatic rings. The molecule has 0 radical (unpaired) electrons. The predicted octanol–water partition coefficient (Wildman–Crippen LogP) is 6.00. The number of aromatic nitrogens is 2. The number of ether oxygens (including phenoxy) is 1. The maximum Gasteiger partial charge on any atom is 0.224 e. The summed E-state index contributed by atoms with van der Waals surface area (Å²) in [6, 6.07) is 23.9. The van der Waals surface area contributed by atoms with E-state index in [2.05, 4.69) is 46.6 Å². The van der Waals surface area contributed by atoms with Gasteiger partial charge in [0, 0.05) is 18.3 Å². The van der Waals surface area contributed by atoms with E-state index < -0.39 is 0 Å². The van der Waals surface area contributed by atoms with Gasteiger partial charge in [-0.05, 0) is 53.9 Å². The predicted molar refractivity (Wildman–Crippen MR) is 128 cm³/mol. The van der Waals surface area contributed by atoms with Crippen LogP contribution in [0.5, 0.6) is 5.75 Å². The van der Waals surface area contributed by atoms with Crippen LogP contribution < -0.4 is 15.4 Å². The van der Waals surface area contributed by atoms with Gasteiger partial charge < -0.3 is 19.8 Å². The third-order valence-corrected chi connectivity index (χ3v) is 4.82. The average molecular weight is 429 g/mol. The van der Waals surface area contributed by atoms with Crippen molar-refractivity contribution in [1.29, 1.82) is 0 Å². The third-order valence-electron chi connectivity index (χ3n) is 4.82. The van der Waals surface area contributed by atoms with Gasteiger partial charge in [0.25, 0.3) is 0 Å². The van der Waals surface area contributed by atoms with Gasteiger partial charge in [0.15, 0.2) is 0 Å². The van der Waals surface area contributed by atoms with Crippen molar-refractivity contribution in [3.8, 4) is 17.1 Å². The Morgan fingerprint density at radius 1 is 0.906 bits per heavy atom. The summed E-state index contributed by atoms with van der Waals surface area (Å²) in [5.74, 6) is 4.39. The Hall–Kier alpha value is -3.80. The summed E-state index contributed by atoms with van der Waals surface area (Å²) in [7, 11) is 0. The van der Waals surface area contributed by atoms with Crippen molar-refractivity contribution in [2.75, 3.05) is 17.2 Å². The van der Waals surface area contributed by atoms with Crippen LogP contribution in [-0.4, -0.2) is 16.5 Å². The first-order valence-corrected chi connectivity index (χ1v) is 10.8. The molecule has 4 rings (SSSR count). The van der Waals surface area contributed by atoms with Gasteiger partial charge in [-0.3, -0.25) is 0 Å². The molecule has 0 saturated carbocycles. The highest BCUT2D eigenvalue weighted by Gasteiger charge is 2.07. The number of rotatable bonds is 10. The summed E-state index contributed by atoms with van der Waals surface area (Å²) >= 11 is 0. The Morgan fingerprint density at radius 3 is 2.50 bits per heavy atom. The second-order valence-electron chi connectivity index (χ2n) is 7.96. The Morgan fingerprint density at radius 2 is 1.72 bits per heavy atom. The standard InChI is InChI=1S/C26H28N4O2/c1-19(2)16-29-26-27-15-14-25(30-26)28-17-23-12-13-24(32-23)21-8-10-22(11-9-21)31-18-20-6-4-3-5-7-20/h3-15,19H,16-18H2,1-2H3,(H2,27,28,29,30). The van der Waals surface area contributed by atoms with Gasteiger partial charge >= 0.3 is 0 Å². The Bertz CT molecular complexity index is 1110. The van der Waals surface area contributed by atoms with Crippen molar-refractivity contribution >= 4 is 11.8 Å². The summed E-state index contributed by atoms with van der Waals surface area (Å²) in [6.07, 6.45) is 1.74. The molecule has 164 valence electrons. The molecule has 6 heteroatoms. The number of furan rings is 1. The molecule has 0 aliphatic heterocycles. The minimum atomic E-state index is 0.529. The van der Waals surface area contributed by atoms with E-state index in [1.54, 1.807) is 6.20 Å². The summed E-state index contributed by atoms with van der Waals surface area (Å²) < 4.78 is 11.9. The van der Waals surface area contributed by atoms with Crippen LogP contribution in [0.3, 0.4) is 0 Å². The number of benzene rings is 2. The summed E-state index contributed by atoms with van der Waals surface area (Å²) in [5, 5.41) is 6.53. The molecule has 6 nitrogen and oxygen atoms in total. The second-order valence-corrected chi connectivity index (χ2v) is 7.96. The van der Waals surface area contributed by atoms with Gasteiger partial charge in [-0.25, -0.2) is 4.98 Å². The van der Waals surface area contributed by atoms with E-state index >= 15 is 0 Å². The lowest BCUT2D eigenvalue weighted by molar-refractivity contribution is 0.306. The highest BCUT2D eigenvalue weighted by Crippen LogP contribution is 2.25. The van der Waals surface area contributed by atoms with Crippen molar-refractivity contribution in [3.63, 3.8) is 0 Å². The maximum atomic E-state index is 6.01. The van der Waals surface area contributed by atoms with E-state index in [0.29, 0.717) is 25.0 Å². The molecule has 0 aliphatic carbocycles. The molecular weight excluding hydrogens is 400 g/mol. The zero-order valence-corrected chi connectivity index (χ0v) is 18.4. The summed E-state index contributed by atoms with van der Waals surface area (Å²) in [5.41, 5.74) is 2.15. The van der Waals surface area contributed by atoms with Crippen LogP contribution >= 0.6 is 0 Å². The van der Waals surface area contributed by atoms with Gasteiger partial charge in [-0.2, -0.15) is 4.98 Å². The van der Waals surface area contributed by atoms with Crippen LogP contribution in [0, 0.1) is 5.92 Å². The fourth-order valence-corrected chi connectivity index (χ4v) is 3.10. The molecule has 4 aromatic rings. The first kappa shape index (κ1) is 21.4. The van der Waals surface area contributed by atoms with Crippen molar-refractivity contribution in [1.82, 2.24) is 9.97 Å². The smallest absolute Gasteiger partial charge is 0.224 e. The molecule has 0 unspecified atom stereocenters. The minimum absolute atomic E-state index is 0.529. The highest BCUT2D eigenvalue weighted by molar-refractivity contribution is 5.58. The average Bonchev–Trinajstić information content (AvgIpc) is 3.30. The van der Waals surface area contributed by atoms with Crippen LogP contribution in [-0.2, 0) is 13.2 Å². The van der Waals surface area contributed by atoms with Crippen LogP contribution in [0.4, 0.5) is 11.8 Å². The van der Waals surface area contributed by atoms with E-state index in [-0.39, 0.29) is 0 Å². The second kappa shape index (κ2) is 10.5.